The highest BCUT2D eigenvalue weighted by molar-refractivity contribution is 5.82. The summed E-state index contributed by atoms with van der Waals surface area (Å²) in [5.41, 5.74) is 7.04. The van der Waals surface area contributed by atoms with Crippen LogP contribution in [-0.2, 0) is 16.0 Å². The molecule has 1 heterocycles. The summed E-state index contributed by atoms with van der Waals surface area (Å²) in [4.78, 5) is 12.0. The first-order valence-electron chi connectivity index (χ1n) is 6.84. The van der Waals surface area contributed by atoms with Crippen LogP contribution in [0, 0.1) is 5.92 Å². The van der Waals surface area contributed by atoms with Crippen molar-refractivity contribution in [3.05, 3.63) is 35.9 Å². The Balaban J connectivity index is 1.82. The van der Waals surface area contributed by atoms with Crippen LogP contribution in [0.2, 0.25) is 0 Å². The van der Waals surface area contributed by atoms with Crippen LogP contribution >= 0.6 is 0 Å². The molecule has 1 fully saturated rings. The molecule has 1 aromatic carbocycles. The fourth-order valence-corrected chi connectivity index (χ4v) is 2.36. The topological polar surface area (TPSA) is 64.4 Å². The van der Waals surface area contributed by atoms with E-state index in [1.165, 1.54) is 0 Å². The van der Waals surface area contributed by atoms with Gasteiger partial charge in [-0.1, -0.05) is 30.3 Å². The number of nitrogens with one attached hydrogen (secondary N) is 1. The molecule has 0 saturated carbocycles. The van der Waals surface area contributed by atoms with Gasteiger partial charge in [0.1, 0.15) is 0 Å². The van der Waals surface area contributed by atoms with Gasteiger partial charge in [0.2, 0.25) is 5.91 Å². The van der Waals surface area contributed by atoms with Crippen molar-refractivity contribution in [2.45, 2.75) is 31.8 Å². The lowest BCUT2D eigenvalue weighted by molar-refractivity contribution is -0.123. The number of ether oxygens (including phenoxy) is 1. The van der Waals surface area contributed by atoms with E-state index in [1.54, 1.807) is 0 Å². The van der Waals surface area contributed by atoms with Gasteiger partial charge in [0.05, 0.1) is 12.6 Å². The van der Waals surface area contributed by atoms with E-state index in [4.69, 9.17) is 10.5 Å². The quantitative estimate of drug-likeness (QED) is 0.835. The second-order valence-electron chi connectivity index (χ2n) is 5.22. The van der Waals surface area contributed by atoms with Crippen LogP contribution in [0.3, 0.4) is 0 Å². The molecular weight excluding hydrogens is 240 g/mol. The Morgan fingerprint density at radius 1 is 1.47 bits per heavy atom. The monoisotopic (exact) mass is 262 g/mol. The first kappa shape index (κ1) is 14.0. The summed E-state index contributed by atoms with van der Waals surface area (Å²) >= 11 is 0. The summed E-state index contributed by atoms with van der Waals surface area (Å²) in [6.45, 7) is 3.54. The zero-order valence-electron chi connectivity index (χ0n) is 11.3. The Bertz CT molecular complexity index is 402. The summed E-state index contributed by atoms with van der Waals surface area (Å²) in [6, 6.07) is 9.47. The normalized spacial score (nSPS) is 21.9. The number of nitrogens with two attached hydrogens (primary N) is 1. The molecule has 1 aliphatic heterocycles. The Hall–Kier alpha value is -1.39. The molecule has 19 heavy (non-hydrogen) atoms. The highest BCUT2D eigenvalue weighted by Gasteiger charge is 2.25. The Morgan fingerprint density at radius 2 is 2.21 bits per heavy atom. The van der Waals surface area contributed by atoms with E-state index in [0.717, 1.165) is 25.2 Å². The molecule has 1 amide bonds. The maximum Gasteiger partial charge on any atom is 0.237 e. The summed E-state index contributed by atoms with van der Waals surface area (Å²) in [5, 5.41) is 3.00. The van der Waals surface area contributed by atoms with Crippen molar-refractivity contribution < 1.29 is 9.53 Å². The number of carbonyl (C=O) groups is 1. The smallest absolute Gasteiger partial charge is 0.237 e. The van der Waals surface area contributed by atoms with E-state index >= 15 is 0 Å². The molecule has 3 N–H and O–H groups in total. The fraction of sp³-hybridized carbons (Fsp3) is 0.533. The molecule has 0 aromatic heterocycles. The maximum absolute atomic E-state index is 12.0. The lowest BCUT2D eigenvalue weighted by Crippen LogP contribution is -2.47. The molecule has 104 valence electrons. The van der Waals surface area contributed by atoms with E-state index in [9.17, 15) is 4.79 Å². The molecule has 2 rings (SSSR count). The van der Waals surface area contributed by atoms with E-state index in [0.29, 0.717) is 12.3 Å². The molecule has 3 atom stereocenters. The summed E-state index contributed by atoms with van der Waals surface area (Å²) in [5.74, 6) is 0.330. The molecule has 4 nitrogen and oxygen atoms in total. The molecule has 1 aromatic rings. The Kier molecular flexibility index (Phi) is 4.93. The van der Waals surface area contributed by atoms with E-state index in [-0.39, 0.29) is 11.9 Å². The maximum atomic E-state index is 12.0. The zero-order chi connectivity index (χ0) is 13.7. The third-order valence-corrected chi connectivity index (χ3v) is 3.68. The second-order valence-corrected chi connectivity index (χ2v) is 5.22. The molecule has 3 unspecified atom stereocenters. The summed E-state index contributed by atoms with van der Waals surface area (Å²) < 4.78 is 5.33. The van der Waals surface area contributed by atoms with Crippen LogP contribution in [0.25, 0.3) is 0 Å². The van der Waals surface area contributed by atoms with Crippen molar-refractivity contribution in [2.24, 2.45) is 11.7 Å². The number of rotatable bonds is 5. The van der Waals surface area contributed by atoms with E-state index in [2.05, 4.69) is 5.32 Å². The van der Waals surface area contributed by atoms with Crippen LogP contribution in [0.4, 0.5) is 0 Å². The lowest BCUT2D eigenvalue weighted by atomic mass is 9.99. The molecule has 0 spiro atoms. The van der Waals surface area contributed by atoms with Gasteiger partial charge in [-0.05, 0) is 25.3 Å². The van der Waals surface area contributed by atoms with Crippen molar-refractivity contribution in [3.8, 4) is 0 Å². The predicted molar refractivity (Wildman–Crippen MR) is 74.7 cm³/mol. The standard InChI is InChI=1S/C15H22N2O2/c1-11(13-7-8-19-10-13)17-15(18)14(16)9-12-5-3-2-4-6-12/h2-6,11,13-14H,7-10,16H2,1H3,(H,17,18). The fourth-order valence-electron chi connectivity index (χ4n) is 2.36. The molecular formula is C15H22N2O2. The molecule has 1 saturated heterocycles. The minimum atomic E-state index is -0.493. The van der Waals surface area contributed by atoms with Crippen molar-refractivity contribution in [2.75, 3.05) is 13.2 Å². The number of hydrogen-bond acceptors (Lipinski definition) is 3. The van der Waals surface area contributed by atoms with Gasteiger partial charge >= 0.3 is 0 Å². The Morgan fingerprint density at radius 3 is 2.84 bits per heavy atom. The van der Waals surface area contributed by atoms with Crippen molar-refractivity contribution >= 4 is 5.91 Å². The Labute approximate surface area is 114 Å². The molecule has 0 aliphatic carbocycles. The number of hydrogen-bond donors (Lipinski definition) is 2. The first-order valence-corrected chi connectivity index (χ1v) is 6.84. The average molecular weight is 262 g/mol. The zero-order valence-corrected chi connectivity index (χ0v) is 11.3. The first-order chi connectivity index (χ1) is 9.16. The average Bonchev–Trinajstić information content (AvgIpc) is 2.93. The molecule has 0 radical (unpaired) electrons. The molecule has 0 bridgehead atoms. The van der Waals surface area contributed by atoms with Crippen LogP contribution in [0.1, 0.15) is 18.9 Å². The van der Waals surface area contributed by atoms with Gasteiger partial charge in [-0.3, -0.25) is 4.79 Å². The van der Waals surface area contributed by atoms with Gasteiger partial charge in [-0.2, -0.15) is 0 Å². The number of carbonyl (C=O) groups excluding carboxylic acids is 1. The number of amides is 1. The summed E-state index contributed by atoms with van der Waals surface area (Å²) in [7, 11) is 0. The molecule has 1 aliphatic rings. The van der Waals surface area contributed by atoms with Crippen molar-refractivity contribution in [3.63, 3.8) is 0 Å². The predicted octanol–water partition coefficient (Wildman–Crippen LogP) is 1.10. The van der Waals surface area contributed by atoms with Crippen LogP contribution in [0.5, 0.6) is 0 Å². The van der Waals surface area contributed by atoms with Crippen LogP contribution in [0.15, 0.2) is 30.3 Å². The van der Waals surface area contributed by atoms with Gasteiger partial charge in [0, 0.05) is 18.6 Å². The van der Waals surface area contributed by atoms with Crippen molar-refractivity contribution in [1.82, 2.24) is 5.32 Å². The highest BCUT2D eigenvalue weighted by Crippen LogP contribution is 2.16. The molecule has 4 heteroatoms. The van der Waals surface area contributed by atoms with Gasteiger partial charge < -0.3 is 15.8 Å². The largest absolute Gasteiger partial charge is 0.381 e. The number of benzene rings is 1. The van der Waals surface area contributed by atoms with Gasteiger partial charge in [-0.25, -0.2) is 0 Å². The minimum absolute atomic E-state index is 0.0803. The summed E-state index contributed by atoms with van der Waals surface area (Å²) in [6.07, 6.45) is 1.58. The lowest BCUT2D eigenvalue weighted by Gasteiger charge is -2.21. The third kappa shape index (κ3) is 4.04. The SMILES string of the molecule is CC(NC(=O)C(N)Cc1ccccc1)C1CCOC1. The second kappa shape index (κ2) is 6.68. The highest BCUT2D eigenvalue weighted by atomic mass is 16.5. The van der Waals surface area contributed by atoms with Crippen molar-refractivity contribution in [1.29, 1.82) is 0 Å². The van der Waals surface area contributed by atoms with Gasteiger partial charge in [0.15, 0.2) is 0 Å². The van der Waals surface area contributed by atoms with Gasteiger partial charge in [0.25, 0.3) is 0 Å². The van der Waals surface area contributed by atoms with Gasteiger partial charge in [-0.15, -0.1) is 0 Å². The van der Waals surface area contributed by atoms with E-state index < -0.39 is 6.04 Å². The van der Waals surface area contributed by atoms with E-state index in [1.807, 2.05) is 37.3 Å². The van der Waals surface area contributed by atoms with Crippen LogP contribution < -0.4 is 11.1 Å². The van der Waals surface area contributed by atoms with Crippen LogP contribution in [-0.4, -0.2) is 31.2 Å². The third-order valence-electron chi connectivity index (χ3n) is 3.68. The minimum Gasteiger partial charge on any atom is -0.381 e.